The predicted octanol–water partition coefficient (Wildman–Crippen LogP) is 2.64. The van der Waals surface area contributed by atoms with Crippen LogP contribution in [0.5, 0.6) is 0 Å². The Morgan fingerprint density at radius 3 is 3.08 bits per heavy atom. The van der Waals surface area contributed by atoms with Crippen molar-refractivity contribution in [3.63, 3.8) is 0 Å². The van der Waals surface area contributed by atoms with Crippen LogP contribution in [-0.2, 0) is 11.3 Å². The number of nitrogens with zero attached hydrogens (tertiary/aromatic N) is 1. The lowest BCUT2D eigenvalue weighted by atomic mass is 9.98. The number of rotatable bonds is 4. The lowest BCUT2D eigenvalue weighted by molar-refractivity contribution is -0.921. The molecule has 3 aromatic rings. The van der Waals surface area contributed by atoms with Crippen LogP contribution in [-0.4, -0.2) is 31.2 Å². The molecule has 130 valence electrons. The van der Waals surface area contributed by atoms with Crippen molar-refractivity contribution in [2.45, 2.75) is 25.3 Å². The smallest absolute Gasteiger partial charge is 0.373 e. The molecule has 5 nitrogen and oxygen atoms in total. The summed E-state index contributed by atoms with van der Waals surface area (Å²) in [4.78, 5) is 17.8. The molecule has 0 saturated carbocycles. The molecule has 0 aliphatic carbocycles. The van der Waals surface area contributed by atoms with Crippen molar-refractivity contribution >= 4 is 27.5 Å². The van der Waals surface area contributed by atoms with Crippen molar-refractivity contribution < 1.29 is 18.8 Å². The maximum absolute atomic E-state index is 11.5. The first-order valence-electron chi connectivity index (χ1n) is 8.59. The molecule has 1 saturated heterocycles. The van der Waals surface area contributed by atoms with Crippen LogP contribution in [0.3, 0.4) is 0 Å². The fourth-order valence-corrected chi connectivity index (χ4v) is 4.62. The van der Waals surface area contributed by atoms with Gasteiger partial charge in [-0.15, -0.1) is 11.3 Å². The second-order valence-electron chi connectivity index (χ2n) is 6.50. The Morgan fingerprint density at radius 1 is 1.36 bits per heavy atom. The zero-order chi connectivity index (χ0) is 17.2. The molecule has 3 heterocycles. The highest BCUT2D eigenvalue weighted by molar-refractivity contribution is 7.18. The van der Waals surface area contributed by atoms with E-state index in [0.717, 1.165) is 30.9 Å². The molecule has 0 radical (unpaired) electrons. The van der Waals surface area contributed by atoms with Crippen LogP contribution >= 0.6 is 11.3 Å². The Labute approximate surface area is 150 Å². The van der Waals surface area contributed by atoms with E-state index in [1.54, 1.807) is 6.07 Å². The lowest BCUT2D eigenvalue weighted by Gasteiger charge is -2.28. The van der Waals surface area contributed by atoms with Gasteiger partial charge in [0, 0.05) is 0 Å². The van der Waals surface area contributed by atoms with Gasteiger partial charge < -0.3 is 14.1 Å². The number of hydrogen-bond acceptors (Lipinski definition) is 5. The molecule has 1 aromatic carbocycles. The van der Waals surface area contributed by atoms with E-state index in [-0.39, 0.29) is 5.76 Å². The number of quaternary nitrogens is 1. The minimum absolute atomic E-state index is 0.275. The summed E-state index contributed by atoms with van der Waals surface area (Å²) in [6, 6.07) is 11.9. The first kappa shape index (κ1) is 16.3. The number of fused-ring (bicyclic) bond motifs is 1. The number of carbonyl (C=O) groups is 1. The van der Waals surface area contributed by atoms with Gasteiger partial charge >= 0.3 is 5.97 Å². The van der Waals surface area contributed by atoms with E-state index in [4.69, 9.17) is 14.1 Å². The van der Waals surface area contributed by atoms with Gasteiger partial charge in [0.15, 0.2) is 5.76 Å². The number of benzene rings is 1. The molecule has 1 aliphatic rings. The Kier molecular flexibility index (Phi) is 4.55. The van der Waals surface area contributed by atoms with Crippen molar-refractivity contribution in [2.75, 3.05) is 20.2 Å². The number of nitrogens with one attached hydrogen (secondary N) is 1. The molecule has 1 unspecified atom stereocenters. The third-order valence-electron chi connectivity index (χ3n) is 4.75. The third-order valence-corrected chi connectivity index (χ3v) is 5.95. The van der Waals surface area contributed by atoms with Crippen LogP contribution in [0.4, 0.5) is 0 Å². The van der Waals surface area contributed by atoms with Crippen molar-refractivity contribution in [1.29, 1.82) is 0 Å². The van der Waals surface area contributed by atoms with Gasteiger partial charge in [-0.25, -0.2) is 9.78 Å². The van der Waals surface area contributed by atoms with Gasteiger partial charge in [0.25, 0.3) is 0 Å². The van der Waals surface area contributed by atoms with Crippen LogP contribution in [0.25, 0.3) is 10.2 Å². The Hall–Kier alpha value is -2.18. The second kappa shape index (κ2) is 6.98. The van der Waals surface area contributed by atoms with Crippen molar-refractivity contribution in [3.05, 3.63) is 52.9 Å². The van der Waals surface area contributed by atoms with Gasteiger partial charge in [-0.05, 0) is 37.1 Å². The van der Waals surface area contributed by atoms with Crippen LogP contribution in [0, 0.1) is 0 Å². The Bertz CT molecular complexity index is 853. The molecule has 2 atom stereocenters. The van der Waals surface area contributed by atoms with E-state index in [1.165, 1.54) is 34.6 Å². The molecule has 0 amide bonds. The van der Waals surface area contributed by atoms with E-state index in [1.807, 2.05) is 23.5 Å². The number of esters is 1. The first-order chi connectivity index (χ1) is 12.2. The SMILES string of the molecule is COC(=O)c1ccc(C[NH+]2CCC[C@H](c3nc4ccccc4s3)C2)o1. The van der Waals surface area contributed by atoms with Gasteiger partial charge in [-0.2, -0.15) is 0 Å². The number of thiazole rings is 1. The summed E-state index contributed by atoms with van der Waals surface area (Å²) >= 11 is 1.81. The minimum atomic E-state index is -0.424. The first-order valence-corrected chi connectivity index (χ1v) is 9.40. The number of carbonyl (C=O) groups excluding carboxylic acids is 1. The fraction of sp³-hybridized carbons (Fsp3) is 0.368. The number of para-hydroxylation sites is 1. The molecular formula is C19H21N2O3S+. The average Bonchev–Trinajstić information content (AvgIpc) is 3.28. The van der Waals surface area contributed by atoms with Crippen molar-refractivity contribution in [1.82, 2.24) is 4.98 Å². The highest BCUT2D eigenvalue weighted by Gasteiger charge is 2.28. The number of likely N-dealkylation sites (tertiary alicyclic amines) is 1. The number of furan rings is 1. The Morgan fingerprint density at radius 2 is 2.24 bits per heavy atom. The largest absolute Gasteiger partial charge is 0.463 e. The summed E-state index contributed by atoms with van der Waals surface area (Å²) in [5, 5.41) is 1.24. The molecule has 1 N–H and O–H groups in total. The predicted molar refractivity (Wildman–Crippen MR) is 96.0 cm³/mol. The summed E-state index contributed by atoms with van der Waals surface area (Å²) in [5.74, 6) is 1.18. The van der Waals surface area contributed by atoms with Crippen molar-refractivity contribution in [2.24, 2.45) is 0 Å². The van der Waals surface area contributed by atoms with E-state index in [0.29, 0.717) is 5.92 Å². The van der Waals surface area contributed by atoms with Gasteiger partial charge in [0.1, 0.15) is 11.6 Å². The minimum Gasteiger partial charge on any atom is -0.463 e. The van der Waals surface area contributed by atoms with Gasteiger partial charge in [0.05, 0.1) is 36.3 Å². The van der Waals surface area contributed by atoms with Crippen LogP contribution in [0.1, 0.15) is 40.1 Å². The Balaban J connectivity index is 1.45. The molecule has 1 aliphatic heterocycles. The van der Waals surface area contributed by atoms with Crippen LogP contribution in [0.15, 0.2) is 40.8 Å². The van der Waals surface area contributed by atoms with E-state index in [2.05, 4.69) is 18.2 Å². The molecular weight excluding hydrogens is 336 g/mol. The van der Waals surface area contributed by atoms with Gasteiger partial charge in [-0.1, -0.05) is 12.1 Å². The summed E-state index contributed by atoms with van der Waals surface area (Å²) < 4.78 is 11.6. The maximum Gasteiger partial charge on any atom is 0.373 e. The summed E-state index contributed by atoms with van der Waals surface area (Å²) in [6.07, 6.45) is 2.37. The van der Waals surface area contributed by atoms with Crippen LogP contribution in [0.2, 0.25) is 0 Å². The number of ether oxygens (including phenoxy) is 1. The molecule has 0 spiro atoms. The average molecular weight is 357 g/mol. The standard InChI is InChI=1S/C19H20N2O3S/c1-23-19(22)16-9-8-14(24-16)12-21-10-4-5-13(11-21)18-20-15-6-2-3-7-17(15)25-18/h2-3,6-9,13H,4-5,10-12H2,1H3/p+1/t13-/m0/s1. The summed E-state index contributed by atoms with van der Waals surface area (Å²) in [6.45, 7) is 2.96. The fourth-order valence-electron chi connectivity index (χ4n) is 3.52. The zero-order valence-corrected chi connectivity index (χ0v) is 15.0. The normalized spacial score (nSPS) is 20.7. The number of hydrogen-bond donors (Lipinski definition) is 1. The quantitative estimate of drug-likeness (QED) is 0.730. The number of piperidine rings is 1. The zero-order valence-electron chi connectivity index (χ0n) is 14.2. The number of methoxy groups -OCH3 is 1. The molecule has 0 bridgehead atoms. The molecule has 1 fully saturated rings. The highest BCUT2D eigenvalue weighted by atomic mass is 32.1. The van der Waals surface area contributed by atoms with E-state index < -0.39 is 5.97 Å². The van der Waals surface area contributed by atoms with Crippen LogP contribution < -0.4 is 4.90 Å². The van der Waals surface area contributed by atoms with E-state index in [9.17, 15) is 4.79 Å². The lowest BCUT2D eigenvalue weighted by Crippen LogP contribution is -3.12. The van der Waals surface area contributed by atoms with Gasteiger partial charge in [-0.3, -0.25) is 0 Å². The summed E-state index contributed by atoms with van der Waals surface area (Å²) in [5.41, 5.74) is 1.10. The monoisotopic (exact) mass is 357 g/mol. The third kappa shape index (κ3) is 3.45. The summed E-state index contributed by atoms with van der Waals surface area (Å²) in [7, 11) is 1.36. The molecule has 25 heavy (non-hydrogen) atoms. The number of aromatic nitrogens is 1. The molecule has 6 heteroatoms. The molecule has 2 aromatic heterocycles. The molecule has 4 rings (SSSR count). The van der Waals surface area contributed by atoms with Gasteiger partial charge in [0.2, 0.25) is 5.76 Å². The highest BCUT2D eigenvalue weighted by Crippen LogP contribution is 2.30. The maximum atomic E-state index is 11.5. The second-order valence-corrected chi connectivity index (χ2v) is 7.56. The topological polar surface area (TPSA) is 56.8 Å². The van der Waals surface area contributed by atoms with E-state index >= 15 is 0 Å². The van der Waals surface area contributed by atoms with Crippen molar-refractivity contribution in [3.8, 4) is 0 Å².